The largest absolute Gasteiger partial charge is 0.756 e. The standard InChI is InChI=1S/C12H24NO8P.C9H18NO8P/c1-10(14)18-8-12(21-11(2)15)9-20-22(16,17)19-7-6-13(3,4)5;1-7(11)15-5-9(18-8(2)12)6-17-19(13,14)16-4-3-10/h12H,6-9H2,1-5H3;9H,3-6,10H2,1-2H3,(H,13,14)/t12-;9-/m11/s1. The Kier molecular flexibility index (Phi) is 20.9. The summed E-state index contributed by atoms with van der Waals surface area (Å²) >= 11 is 0. The molecule has 0 aliphatic rings. The number of phosphoric acid groups is 2. The third kappa shape index (κ3) is 29.3. The lowest BCUT2D eigenvalue weighted by atomic mass is 10.4. The van der Waals surface area contributed by atoms with Crippen LogP contribution in [0.1, 0.15) is 27.7 Å². The molecule has 4 atom stereocenters. The predicted octanol–water partition coefficient (Wildman–Crippen LogP) is -2.09. The third-order valence-electron chi connectivity index (χ3n) is 3.85. The molecule has 0 amide bonds. The van der Waals surface area contributed by atoms with E-state index in [1.165, 1.54) is 13.8 Å². The van der Waals surface area contributed by atoms with Crippen molar-refractivity contribution < 1.29 is 85.4 Å². The SMILES string of the molecule is CC(=O)OC[C@H](COP(=O)([O-])OCC[N+](C)(C)C)OC(C)=O.CC(=O)OC[C@H](COP(=O)([O-])OCC[NH3+])OC(C)=O. The molecule has 0 saturated carbocycles. The first-order valence-electron chi connectivity index (χ1n) is 12.1. The second-order valence-electron chi connectivity index (χ2n) is 9.09. The summed E-state index contributed by atoms with van der Waals surface area (Å²) < 4.78 is 60.4. The van der Waals surface area contributed by atoms with Gasteiger partial charge in [0.25, 0.3) is 15.6 Å². The van der Waals surface area contributed by atoms with E-state index in [4.69, 9.17) is 14.0 Å². The molecule has 3 N–H and O–H groups in total. The highest BCUT2D eigenvalue weighted by Gasteiger charge is 2.20. The quantitative estimate of drug-likeness (QED) is 0.0688. The van der Waals surface area contributed by atoms with E-state index in [1.807, 2.05) is 21.1 Å². The predicted molar refractivity (Wildman–Crippen MR) is 134 cm³/mol. The number of quaternary nitrogens is 2. The lowest BCUT2D eigenvalue weighted by molar-refractivity contribution is -0.870. The Balaban J connectivity index is 0. The second-order valence-corrected chi connectivity index (χ2v) is 11.9. The minimum Gasteiger partial charge on any atom is -0.756 e. The summed E-state index contributed by atoms with van der Waals surface area (Å²) in [6.45, 7) is 3.63. The van der Waals surface area contributed by atoms with Crippen molar-refractivity contribution in [3.05, 3.63) is 0 Å². The molecule has 0 bridgehead atoms. The Morgan fingerprint density at radius 1 is 0.659 bits per heavy atom. The highest BCUT2D eigenvalue weighted by atomic mass is 31.2. The van der Waals surface area contributed by atoms with Crippen molar-refractivity contribution in [1.82, 2.24) is 0 Å². The average Bonchev–Trinajstić information content (AvgIpc) is 2.80. The summed E-state index contributed by atoms with van der Waals surface area (Å²) in [5, 5.41) is 0. The van der Waals surface area contributed by atoms with Gasteiger partial charge in [0, 0.05) is 27.7 Å². The fraction of sp³-hybridized carbons (Fsp3) is 0.810. The van der Waals surface area contributed by atoms with Crippen molar-refractivity contribution in [2.75, 3.05) is 73.9 Å². The van der Waals surface area contributed by atoms with Crippen molar-refractivity contribution in [3.63, 3.8) is 0 Å². The molecule has 18 nitrogen and oxygen atoms in total. The number of likely N-dealkylation sites (N-methyl/N-ethyl adjacent to an activating group) is 1. The number of carbonyl (C=O) groups is 4. The lowest BCUT2D eigenvalue weighted by Crippen LogP contribution is -2.52. The number of hydrogen-bond acceptors (Lipinski definition) is 16. The lowest BCUT2D eigenvalue weighted by Gasteiger charge is -2.28. The topological polar surface area (TPSA) is 250 Å². The van der Waals surface area contributed by atoms with Gasteiger partial charge in [-0.1, -0.05) is 0 Å². The minimum absolute atomic E-state index is 0.0353. The molecule has 0 aromatic carbocycles. The highest BCUT2D eigenvalue weighted by Crippen LogP contribution is 2.38. The van der Waals surface area contributed by atoms with Crippen LogP contribution in [-0.2, 0) is 65.4 Å². The monoisotopic (exact) mass is 640 g/mol. The van der Waals surface area contributed by atoms with Crippen molar-refractivity contribution in [1.29, 1.82) is 0 Å². The van der Waals surface area contributed by atoms with Gasteiger partial charge < -0.3 is 57.0 Å². The van der Waals surface area contributed by atoms with Crippen LogP contribution in [0, 0.1) is 0 Å². The fourth-order valence-electron chi connectivity index (χ4n) is 2.15. The Morgan fingerprint density at radius 3 is 1.32 bits per heavy atom. The van der Waals surface area contributed by atoms with E-state index in [1.54, 1.807) is 0 Å². The molecule has 0 rings (SSSR count). The number of carbonyl (C=O) groups excluding carboxylic acids is 4. The van der Waals surface area contributed by atoms with Crippen molar-refractivity contribution in [2.45, 2.75) is 39.9 Å². The first kappa shape index (κ1) is 41.2. The van der Waals surface area contributed by atoms with Gasteiger partial charge in [0.2, 0.25) is 0 Å². The molecule has 0 aliphatic heterocycles. The molecule has 0 heterocycles. The summed E-state index contributed by atoms with van der Waals surface area (Å²) in [4.78, 5) is 65.8. The normalized spacial score (nSPS) is 15.6. The van der Waals surface area contributed by atoms with Crippen molar-refractivity contribution in [3.8, 4) is 0 Å². The van der Waals surface area contributed by atoms with E-state index in [2.05, 4.69) is 28.8 Å². The zero-order chi connectivity index (χ0) is 32.3. The summed E-state index contributed by atoms with van der Waals surface area (Å²) in [6.07, 6.45) is -2.04. The average molecular weight is 641 g/mol. The van der Waals surface area contributed by atoms with Crippen molar-refractivity contribution in [2.24, 2.45) is 0 Å². The van der Waals surface area contributed by atoms with E-state index in [-0.39, 0.29) is 33.0 Å². The van der Waals surface area contributed by atoms with Crippen LogP contribution in [0.5, 0.6) is 0 Å². The van der Waals surface area contributed by atoms with E-state index in [0.29, 0.717) is 11.0 Å². The van der Waals surface area contributed by atoms with Gasteiger partial charge in [0.15, 0.2) is 12.2 Å². The molecule has 0 spiro atoms. The molecule has 2 unspecified atom stereocenters. The number of ether oxygens (including phenoxy) is 4. The molecule has 41 heavy (non-hydrogen) atoms. The van der Waals surface area contributed by atoms with Gasteiger partial charge in [-0.25, -0.2) is 0 Å². The Hall–Kier alpha value is -1.98. The van der Waals surface area contributed by atoms with Gasteiger partial charge in [-0.15, -0.1) is 0 Å². The van der Waals surface area contributed by atoms with Gasteiger partial charge in [-0.3, -0.25) is 28.3 Å². The van der Waals surface area contributed by atoms with E-state index >= 15 is 0 Å². The van der Waals surface area contributed by atoms with Crippen LogP contribution in [0.15, 0.2) is 0 Å². The van der Waals surface area contributed by atoms with E-state index in [0.717, 1.165) is 13.8 Å². The minimum atomic E-state index is -4.52. The molecule has 0 aromatic heterocycles. The maximum atomic E-state index is 11.6. The first-order valence-corrected chi connectivity index (χ1v) is 15.0. The number of nitrogens with zero attached hydrogens (tertiary/aromatic N) is 1. The number of phosphoric ester groups is 2. The summed E-state index contributed by atoms with van der Waals surface area (Å²) in [6, 6.07) is 0. The number of rotatable bonds is 19. The van der Waals surface area contributed by atoms with Crippen LogP contribution < -0.4 is 15.5 Å². The Morgan fingerprint density at radius 2 is 1.02 bits per heavy atom. The van der Waals surface area contributed by atoms with Gasteiger partial charge in [0.1, 0.15) is 33.0 Å². The maximum Gasteiger partial charge on any atom is 0.303 e. The highest BCUT2D eigenvalue weighted by molar-refractivity contribution is 7.46. The van der Waals surface area contributed by atoms with Crippen LogP contribution in [0.3, 0.4) is 0 Å². The smallest absolute Gasteiger partial charge is 0.303 e. The maximum absolute atomic E-state index is 11.6. The second kappa shape index (κ2) is 20.8. The molecule has 0 aromatic rings. The van der Waals surface area contributed by atoms with E-state index in [9.17, 15) is 38.1 Å². The Bertz CT molecular complexity index is 910. The van der Waals surface area contributed by atoms with Gasteiger partial charge in [-0.2, -0.15) is 0 Å². The molecule has 20 heteroatoms. The number of hydrogen-bond donors (Lipinski definition) is 1. The Labute approximate surface area is 239 Å². The van der Waals surface area contributed by atoms with Gasteiger partial charge >= 0.3 is 23.9 Å². The van der Waals surface area contributed by atoms with Crippen LogP contribution in [0.4, 0.5) is 0 Å². The summed E-state index contributed by atoms with van der Waals surface area (Å²) in [5.74, 6) is -2.47. The molecule has 242 valence electrons. The van der Waals surface area contributed by atoms with Crippen molar-refractivity contribution >= 4 is 39.5 Å². The molecule has 0 radical (unpaired) electrons. The molecular weight excluding hydrogens is 598 g/mol. The van der Waals surface area contributed by atoms with Gasteiger partial charge in [-0.05, 0) is 0 Å². The molecule has 0 fully saturated rings. The summed E-state index contributed by atoms with van der Waals surface area (Å²) in [5.41, 5.74) is 3.40. The first-order chi connectivity index (χ1) is 18.7. The third-order valence-corrected chi connectivity index (χ3v) is 5.78. The fourth-order valence-corrected chi connectivity index (χ4v) is 3.65. The van der Waals surface area contributed by atoms with Gasteiger partial charge in [0.05, 0.1) is 40.9 Å². The molecule has 0 aliphatic carbocycles. The zero-order valence-electron chi connectivity index (χ0n) is 24.4. The summed E-state index contributed by atoms with van der Waals surface area (Å²) in [7, 11) is -3.34. The van der Waals surface area contributed by atoms with Crippen LogP contribution in [-0.4, -0.2) is 114 Å². The van der Waals surface area contributed by atoms with Crippen LogP contribution in [0.25, 0.3) is 0 Å². The van der Waals surface area contributed by atoms with Crippen LogP contribution >= 0.6 is 15.6 Å². The molecular formula is C21H42N2O16P2. The zero-order valence-corrected chi connectivity index (χ0v) is 26.2. The van der Waals surface area contributed by atoms with Crippen LogP contribution in [0.2, 0.25) is 0 Å². The number of esters is 4. The van der Waals surface area contributed by atoms with E-state index < -0.39 is 64.9 Å². The molecule has 0 saturated heterocycles.